The van der Waals surface area contributed by atoms with Crippen LogP contribution in [-0.4, -0.2) is 32.3 Å². The van der Waals surface area contributed by atoms with Gasteiger partial charge in [0.25, 0.3) is 0 Å². The third kappa shape index (κ3) is 2.91. The average Bonchev–Trinajstić information content (AvgIpc) is 3.32. The first-order valence-electron chi connectivity index (χ1n) is 7.87. The number of ether oxygens (including phenoxy) is 1. The molecule has 0 aliphatic carbocycles. The number of hydrogen-bond acceptors (Lipinski definition) is 5. The number of rotatable bonds is 4. The van der Waals surface area contributed by atoms with Crippen LogP contribution in [0.2, 0.25) is 0 Å². The predicted molar refractivity (Wildman–Crippen MR) is 98.1 cm³/mol. The molecular formula is C19H14N6O. The van der Waals surface area contributed by atoms with Crippen LogP contribution in [0, 0.1) is 11.3 Å². The summed E-state index contributed by atoms with van der Waals surface area (Å²) in [6, 6.07) is 9.53. The van der Waals surface area contributed by atoms with Crippen LogP contribution in [-0.2, 0) is 0 Å². The molecule has 2 N–H and O–H groups in total. The second-order valence-electron chi connectivity index (χ2n) is 5.62. The van der Waals surface area contributed by atoms with Crippen molar-refractivity contribution < 1.29 is 4.74 Å². The van der Waals surface area contributed by atoms with E-state index >= 15 is 0 Å². The Kier molecular flexibility index (Phi) is 3.92. The van der Waals surface area contributed by atoms with Crippen molar-refractivity contribution in [2.45, 2.75) is 0 Å². The number of aromatic nitrogens is 5. The molecule has 126 valence electrons. The lowest BCUT2D eigenvalue weighted by Crippen LogP contribution is -1.84. The molecular weight excluding hydrogens is 328 g/mol. The zero-order valence-corrected chi connectivity index (χ0v) is 13.9. The molecule has 1 aromatic carbocycles. The average molecular weight is 342 g/mol. The zero-order chi connectivity index (χ0) is 17.9. The van der Waals surface area contributed by atoms with Crippen LogP contribution in [0.25, 0.3) is 34.7 Å². The highest BCUT2D eigenvalue weighted by molar-refractivity contribution is 5.83. The summed E-state index contributed by atoms with van der Waals surface area (Å²) >= 11 is 0. The van der Waals surface area contributed by atoms with Gasteiger partial charge in [0.1, 0.15) is 17.5 Å². The molecule has 0 unspecified atom stereocenters. The normalized spacial score (nSPS) is 11.1. The first-order chi connectivity index (χ1) is 12.8. The third-order valence-corrected chi connectivity index (χ3v) is 3.94. The molecule has 0 aliphatic rings. The molecule has 0 radical (unpaired) electrons. The number of benzene rings is 1. The lowest BCUT2D eigenvalue weighted by molar-refractivity contribution is 0.415. The number of H-pyrrole nitrogens is 2. The van der Waals surface area contributed by atoms with E-state index in [-0.39, 0.29) is 0 Å². The van der Waals surface area contributed by atoms with Gasteiger partial charge in [0.2, 0.25) is 0 Å². The van der Waals surface area contributed by atoms with Gasteiger partial charge in [0, 0.05) is 24.0 Å². The van der Waals surface area contributed by atoms with Crippen molar-refractivity contribution in [1.29, 1.82) is 5.26 Å². The van der Waals surface area contributed by atoms with Gasteiger partial charge in [-0.05, 0) is 23.8 Å². The van der Waals surface area contributed by atoms with Crippen LogP contribution < -0.4 is 4.74 Å². The molecule has 0 spiro atoms. The minimum atomic E-state index is 0.519. The van der Waals surface area contributed by atoms with Gasteiger partial charge >= 0.3 is 0 Å². The lowest BCUT2D eigenvalue weighted by Gasteiger charge is -1.97. The Labute approximate surface area is 149 Å². The van der Waals surface area contributed by atoms with E-state index in [2.05, 4.69) is 31.2 Å². The van der Waals surface area contributed by atoms with Gasteiger partial charge in [-0.25, -0.2) is 4.98 Å². The second-order valence-corrected chi connectivity index (χ2v) is 5.62. The number of aromatic amines is 2. The van der Waals surface area contributed by atoms with E-state index in [4.69, 9.17) is 10.00 Å². The Balaban J connectivity index is 1.68. The van der Waals surface area contributed by atoms with Crippen molar-refractivity contribution in [2.24, 2.45) is 0 Å². The molecule has 4 rings (SSSR count). The third-order valence-electron chi connectivity index (χ3n) is 3.94. The number of nitrogens with one attached hydrogen (secondary N) is 2. The van der Waals surface area contributed by atoms with E-state index < -0.39 is 0 Å². The van der Waals surface area contributed by atoms with Crippen LogP contribution in [0.4, 0.5) is 0 Å². The maximum Gasteiger partial charge on any atom is 0.157 e. The SMILES string of the molecule is COc1ccc2nc(-c3[nH]ncc3/C=C/c3cncc(C#N)c3)[nH]c2c1. The van der Waals surface area contributed by atoms with Crippen molar-refractivity contribution in [3.8, 4) is 23.3 Å². The topological polar surface area (TPSA) is 103 Å². The van der Waals surface area contributed by atoms with Crippen LogP contribution in [0.3, 0.4) is 0 Å². The molecule has 0 amide bonds. The van der Waals surface area contributed by atoms with Gasteiger partial charge in [0.15, 0.2) is 5.82 Å². The zero-order valence-electron chi connectivity index (χ0n) is 13.9. The smallest absolute Gasteiger partial charge is 0.157 e. The summed E-state index contributed by atoms with van der Waals surface area (Å²) < 4.78 is 5.24. The van der Waals surface area contributed by atoms with Crippen molar-refractivity contribution in [2.75, 3.05) is 7.11 Å². The van der Waals surface area contributed by atoms with Gasteiger partial charge in [-0.2, -0.15) is 10.4 Å². The van der Waals surface area contributed by atoms with Gasteiger partial charge < -0.3 is 9.72 Å². The van der Waals surface area contributed by atoms with E-state index in [0.29, 0.717) is 11.4 Å². The van der Waals surface area contributed by atoms with E-state index in [9.17, 15) is 0 Å². The summed E-state index contributed by atoms with van der Waals surface area (Å²) in [5.74, 6) is 1.46. The molecule has 0 aliphatic heterocycles. The lowest BCUT2D eigenvalue weighted by atomic mass is 10.1. The number of imidazole rings is 1. The molecule has 0 fully saturated rings. The van der Waals surface area contributed by atoms with E-state index in [1.165, 1.54) is 6.20 Å². The van der Waals surface area contributed by atoms with Crippen LogP contribution >= 0.6 is 0 Å². The van der Waals surface area contributed by atoms with Crippen molar-refractivity contribution in [3.63, 3.8) is 0 Å². The summed E-state index contributed by atoms with van der Waals surface area (Å²) in [6.07, 6.45) is 8.74. The summed E-state index contributed by atoms with van der Waals surface area (Å²) in [5.41, 5.74) is 4.74. The Morgan fingerprint density at radius 3 is 2.92 bits per heavy atom. The largest absolute Gasteiger partial charge is 0.497 e. The van der Waals surface area contributed by atoms with Gasteiger partial charge in [-0.3, -0.25) is 10.1 Å². The van der Waals surface area contributed by atoms with E-state index in [1.807, 2.05) is 30.4 Å². The summed E-state index contributed by atoms with van der Waals surface area (Å²) in [4.78, 5) is 11.9. The van der Waals surface area contributed by atoms with Gasteiger partial charge in [0.05, 0.1) is 29.9 Å². The maximum absolute atomic E-state index is 8.96. The van der Waals surface area contributed by atoms with Crippen molar-refractivity contribution >= 4 is 23.2 Å². The van der Waals surface area contributed by atoms with Crippen LogP contribution in [0.15, 0.2) is 42.9 Å². The monoisotopic (exact) mass is 342 g/mol. The summed E-state index contributed by atoms with van der Waals surface area (Å²) in [5, 5.41) is 16.1. The second kappa shape index (κ2) is 6.53. The number of nitriles is 1. The molecule has 3 aromatic heterocycles. The fourth-order valence-corrected chi connectivity index (χ4v) is 2.64. The van der Waals surface area contributed by atoms with Gasteiger partial charge in [-0.1, -0.05) is 12.2 Å². The molecule has 0 bridgehead atoms. The Morgan fingerprint density at radius 1 is 1.15 bits per heavy atom. The van der Waals surface area contributed by atoms with Crippen LogP contribution in [0.1, 0.15) is 16.7 Å². The minimum Gasteiger partial charge on any atom is -0.497 e. The van der Waals surface area contributed by atoms with Gasteiger partial charge in [-0.15, -0.1) is 0 Å². The molecule has 0 saturated carbocycles. The number of nitrogens with zero attached hydrogens (tertiary/aromatic N) is 4. The molecule has 0 atom stereocenters. The highest BCUT2D eigenvalue weighted by Gasteiger charge is 2.11. The van der Waals surface area contributed by atoms with Crippen molar-refractivity contribution in [3.05, 3.63) is 59.5 Å². The fourth-order valence-electron chi connectivity index (χ4n) is 2.64. The Hall–Kier alpha value is -3.92. The number of fused-ring (bicyclic) bond motifs is 1. The summed E-state index contributed by atoms with van der Waals surface area (Å²) in [6.45, 7) is 0. The highest BCUT2D eigenvalue weighted by atomic mass is 16.5. The number of pyridine rings is 1. The fraction of sp³-hybridized carbons (Fsp3) is 0.0526. The van der Waals surface area contributed by atoms with E-state index in [1.54, 1.807) is 25.6 Å². The highest BCUT2D eigenvalue weighted by Crippen LogP contribution is 2.25. The standard InChI is InChI=1S/C19H14N6O/c1-26-15-4-5-16-17(7-15)24-19(23-16)18-14(11-22-25-18)3-2-12-6-13(8-20)10-21-9-12/h2-7,9-11H,1H3,(H,22,25)(H,23,24)/b3-2+. The molecule has 7 heteroatoms. The number of methoxy groups -OCH3 is 1. The van der Waals surface area contributed by atoms with E-state index in [0.717, 1.165) is 33.6 Å². The molecule has 0 saturated heterocycles. The summed E-state index contributed by atoms with van der Waals surface area (Å²) in [7, 11) is 1.63. The van der Waals surface area contributed by atoms with Crippen LogP contribution in [0.5, 0.6) is 5.75 Å². The minimum absolute atomic E-state index is 0.519. The Bertz CT molecular complexity index is 1150. The number of hydrogen-bond donors (Lipinski definition) is 2. The predicted octanol–water partition coefficient (Wildman–Crippen LogP) is 3.40. The molecule has 7 nitrogen and oxygen atoms in total. The molecule has 4 aromatic rings. The molecule has 26 heavy (non-hydrogen) atoms. The van der Waals surface area contributed by atoms with Crippen molar-refractivity contribution in [1.82, 2.24) is 25.1 Å². The maximum atomic E-state index is 8.96. The Morgan fingerprint density at radius 2 is 2.08 bits per heavy atom. The molecule has 3 heterocycles. The quantitative estimate of drug-likeness (QED) is 0.591. The first-order valence-corrected chi connectivity index (χ1v) is 7.87. The first kappa shape index (κ1) is 15.6.